The van der Waals surface area contributed by atoms with Crippen LogP contribution in [0.3, 0.4) is 0 Å². The van der Waals surface area contributed by atoms with Gasteiger partial charge in [-0.3, -0.25) is 4.79 Å². The Kier molecular flexibility index (Phi) is 5.50. The number of benzene rings is 1. The summed E-state index contributed by atoms with van der Waals surface area (Å²) in [5, 5.41) is 4.59. The fraction of sp³-hybridized carbons (Fsp3) is 0.312. The van der Waals surface area contributed by atoms with Gasteiger partial charge in [-0.25, -0.2) is 0 Å². The van der Waals surface area contributed by atoms with Crippen LogP contribution in [0.1, 0.15) is 28.8 Å². The van der Waals surface area contributed by atoms with E-state index in [2.05, 4.69) is 35.5 Å². The van der Waals surface area contributed by atoms with Crippen LogP contribution in [0, 0.1) is 0 Å². The smallest absolute Gasteiger partial charge is 0.221 e. The Morgan fingerprint density at radius 1 is 1.36 bits per heavy atom. The number of hydrogen-bond acceptors (Lipinski definition) is 3. The summed E-state index contributed by atoms with van der Waals surface area (Å²) < 4.78 is 0. The van der Waals surface area contributed by atoms with E-state index in [-0.39, 0.29) is 18.3 Å². The highest BCUT2D eigenvalue weighted by Crippen LogP contribution is 2.40. The van der Waals surface area contributed by atoms with Gasteiger partial charge in [0.05, 0.1) is 5.00 Å². The number of anilines is 1. The Balaban J connectivity index is 0.00000176. The first-order chi connectivity index (χ1) is 10.0. The molecule has 0 spiro atoms. The van der Waals surface area contributed by atoms with E-state index in [4.69, 9.17) is 11.6 Å². The van der Waals surface area contributed by atoms with Gasteiger partial charge in [-0.1, -0.05) is 23.7 Å². The topological polar surface area (TPSA) is 32.3 Å². The lowest BCUT2D eigenvalue weighted by molar-refractivity contribution is -0.114. The maximum Gasteiger partial charge on any atom is 0.221 e. The second-order valence-electron chi connectivity index (χ2n) is 5.47. The van der Waals surface area contributed by atoms with Crippen LogP contribution in [0.5, 0.6) is 0 Å². The van der Waals surface area contributed by atoms with Crippen LogP contribution in [-0.2, 0) is 11.3 Å². The molecule has 1 unspecified atom stereocenters. The summed E-state index contributed by atoms with van der Waals surface area (Å²) in [7, 11) is 2.13. The Labute approximate surface area is 145 Å². The third-order valence-corrected chi connectivity index (χ3v) is 5.00. The number of fused-ring (bicyclic) bond motifs is 1. The molecule has 0 fully saturated rings. The largest absolute Gasteiger partial charge is 0.318 e. The Morgan fingerprint density at radius 3 is 2.68 bits per heavy atom. The minimum absolute atomic E-state index is 0. The molecule has 1 atom stereocenters. The average Bonchev–Trinajstić information content (AvgIpc) is 2.79. The van der Waals surface area contributed by atoms with Crippen molar-refractivity contribution in [3.8, 4) is 0 Å². The Hall–Kier alpha value is -1.07. The molecule has 1 N–H and O–H groups in total. The van der Waals surface area contributed by atoms with Crippen molar-refractivity contribution in [2.45, 2.75) is 19.4 Å². The highest BCUT2D eigenvalue weighted by molar-refractivity contribution is 7.16. The van der Waals surface area contributed by atoms with Crippen molar-refractivity contribution in [2.24, 2.45) is 0 Å². The number of rotatable bonds is 2. The molecule has 1 aromatic carbocycles. The summed E-state index contributed by atoms with van der Waals surface area (Å²) >= 11 is 7.65. The monoisotopic (exact) mass is 356 g/mol. The first kappa shape index (κ1) is 17.3. The van der Waals surface area contributed by atoms with Gasteiger partial charge in [0.15, 0.2) is 0 Å². The van der Waals surface area contributed by atoms with Crippen molar-refractivity contribution in [1.29, 1.82) is 0 Å². The molecule has 1 aliphatic rings. The number of nitrogens with one attached hydrogen (secondary N) is 1. The molecule has 0 saturated heterocycles. The van der Waals surface area contributed by atoms with E-state index >= 15 is 0 Å². The fourth-order valence-corrected chi connectivity index (χ4v) is 4.17. The average molecular weight is 357 g/mol. The van der Waals surface area contributed by atoms with Gasteiger partial charge in [-0.2, -0.15) is 0 Å². The number of amides is 1. The highest BCUT2D eigenvalue weighted by atomic mass is 35.5. The standard InChI is InChI=1S/C16H17ClN2OS.ClH/c1-10(20)18-16-7-13-14(8-19(2)9-15(13)21-16)11-3-5-12(17)6-4-11;/h3-7,14H,8-9H2,1-2H3,(H,18,20);1H. The van der Waals surface area contributed by atoms with Crippen LogP contribution < -0.4 is 5.32 Å². The molecule has 0 saturated carbocycles. The molecule has 1 aliphatic heterocycles. The van der Waals surface area contributed by atoms with Crippen molar-refractivity contribution in [2.75, 3.05) is 18.9 Å². The third kappa shape index (κ3) is 3.63. The third-order valence-electron chi connectivity index (χ3n) is 3.70. The lowest BCUT2D eigenvalue weighted by atomic mass is 9.89. The minimum atomic E-state index is -0.0232. The van der Waals surface area contributed by atoms with Gasteiger partial charge in [-0.05, 0) is 36.4 Å². The van der Waals surface area contributed by atoms with Crippen molar-refractivity contribution in [3.05, 3.63) is 51.4 Å². The second kappa shape index (κ2) is 7.01. The molecule has 0 radical (unpaired) electrons. The van der Waals surface area contributed by atoms with Gasteiger partial charge < -0.3 is 10.2 Å². The molecule has 2 heterocycles. The van der Waals surface area contributed by atoms with E-state index in [0.717, 1.165) is 23.1 Å². The van der Waals surface area contributed by atoms with Crippen molar-refractivity contribution < 1.29 is 4.79 Å². The Bertz CT molecular complexity index is 669. The molecule has 3 rings (SSSR count). The van der Waals surface area contributed by atoms with E-state index in [1.807, 2.05) is 12.1 Å². The van der Waals surface area contributed by atoms with Gasteiger partial charge in [0.2, 0.25) is 5.91 Å². The van der Waals surface area contributed by atoms with Crippen LogP contribution in [0.25, 0.3) is 0 Å². The number of likely N-dealkylation sites (N-methyl/N-ethyl adjacent to an activating group) is 1. The van der Waals surface area contributed by atoms with Crippen molar-refractivity contribution >= 4 is 46.3 Å². The molecule has 118 valence electrons. The van der Waals surface area contributed by atoms with Gasteiger partial charge in [0.1, 0.15) is 0 Å². The maximum atomic E-state index is 11.2. The van der Waals surface area contributed by atoms with E-state index in [9.17, 15) is 4.79 Å². The van der Waals surface area contributed by atoms with Crippen molar-refractivity contribution in [3.63, 3.8) is 0 Å². The predicted octanol–water partition coefficient (Wildman–Crippen LogP) is 4.36. The van der Waals surface area contributed by atoms with Crippen LogP contribution >= 0.6 is 35.3 Å². The highest BCUT2D eigenvalue weighted by Gasteiger charge is 2.27. The maximum absolute atomic E-state index is 11.2. The minimum Gasteiger partial charge on any atom is -0.318 e. The van der Waals surface area contributed by atoms with Crippen LogP contribution in [0.4, 0.5) is 5.00 Å². The summed E-state index contributed by atoms with van der Waals surface area (Å²) in [6, 6.07) is 10.2. The molecule has 1 amide bonds. The lowest BCUT2D eigenvalue weighted by Gasteiger charge is -2.30. The summed E-state index contributed by atoms with van der Waals surface area (Å²) in [5.41, 5.74) is 2.59. The summed E-state index contributed by atoms with van der Waals surface area (Å²) in [6.45, 7) is 3.45. The van der Waals surface area contributed by atoms with Gasteiger partial charge in [0.25, 0.3) is 0 Å². The second-order valence-corrected chi connectivity index (χ2v) is 7.04. The molecule has 0 bridgehead atoms. The summed E-state index contributed by atoms with van der Waals surface area (Å²) in [6.07, 6.45) is 0. The zero-order valence-electron chi connectivity index (χ0n) is 12.4. The predicted molar refractivity (Wildman–Crippen MR) is 95.5 cm³/mol. The number of halogens is 2. The van der Waals surface area contributed by atoms with E-state index in [0.29, 0.717) is 5.92 Å². The molecule has 1 aromatic heterocycles. The first-order valence-corrected chi connectivity index (χ1v) is 8.06. The van der Waals surface area contributed by atoms with Gasteiger partial charge in [-0.15, -0.1) is 23.7 Å². The molecular formula is C16H18Cl2N2OS. The van der Waals surface area contributed by atoms with Crippen LogP contribution in [-0.4, -0.2) is 24.4 Å². The van der Waals surface area contributed by atoms with Gasteiger partial charge in [0, 0.05) is 35.8 Å². The normalized spacial score (nSPS) is 17.5. The van der Waals surface area contributed by atoms with E-state index in [1.54, 1.807) is 18.3 Å². The quantitative estimate of drug-likeness (QED) is 0.866. The fourth-order valence-electron chi connectivity index (χ4n) is 2.80. The molecule has 6 heteroatoms. The number of thiophene rings is 1. The molecule has 2 aromatic rings. The van der Waals surface area contributed by atoms with Crippen molar-refractivity contribution in [1.82, 2.24) is 4.90 Å². The number of carbonyl (C=O) groups is 1. The summed E-state index contributed by atoms with van der Waals surface area (Å²) in [5.74, 6) is 0.305. The van der Waals surface area contributed by atoms with Crippen LogP contribution in [0.15, 0.2) is 30.3 Å². The number of nitrogens with zero attached hydrogens (tertiary/aromatic N) is 1. The van der Waals surface area contributed by atoms with Gasteiger partial charge >= 0.3 is 0 Å². The Morgan fingerprint density at radius 2 is 2.05 bits per heavy atom. The lowest BCUT2D eigenvalue weighted by Crippen LogP contribution is -2.29. The van der Waals surface area contributed by atoms with Crippen LogP contribution in [0.2, 0.25) is 5.02 Å². The molecule has 0 aliphatic carbocycles. The SMILES string of the molecule is CC(=O)Nc1cc2c(s1)CN(C)CC2c1ccc(Cl)cc1.Cl. The summed E-state index contributed by atoms with van der Waals surface area (Å²) in [4.78, 5) is 14.9. The molecule has 3 nitrogen and oxygen atoms in total. The zero-order chi connectivity index (χ0) is 15.0. The first-order valence-electron chi connectivity index (χ1n) is 6.87. The number of hydrogen-bond donors (Lipinski definition) is 1. The number of carbonyl (C=O) groups excluding carboxylic acids is 1. The van der Waals surface area contributed by atoms with E-state index in [1.165, 1.54) is 16.0 Å². The molecular weight excluding hydrogens is 339 g/mol. The van der Waals surface area contributed by atoms with E-state index < -0.39 is 0 Å². The zero-order valence-corrected chi connectivity index (χ0v) is 14.8. The molecule has 22 heavy (non-hydrogen) atoms.